The summed E-state index contributed by atoms with van der Waals surface area (Å²) in [7, 11) is 1.72. The lowest BCUT2D eigenvalue weighted by Gasteiger charge is -2.42. The molecule has 2 aliphatic heterocycles. The number of carbonyl (C=O) groups excluding carboxylic acids is 4. The van der Waals surface area contributed by atoms with E-state index in [0.29, 0.717) is 43.3 Å². The predicted molar refractivity (Wildman–Crippen MR) is 183 cm³/mol. The monoisotopic (exact) mass is 696 g/mol. The highest BCUT2D eigenvalue weighted by Gasteiger charge is 2.44. The summed E-state index contributed by atoms with van der Waals surface area (Å²) in [5.74, 6) is -1.48. The zero-order chi connectivity index (χ0) is 33.2. The Morgan fingerprint density at radius 2 is 1.78 bits per heavy atom. The largest absolute Gasteiger partial charge is 0.369 e. The number of amides is 4. The SMILES string of the molecule is CCN(CCN(C)C(=O)CCN1C(=O)c2ccccc2C(C(=O)NCCCN2CCCCC2C)C1c1ccc(Br)cc1)CC(N)=O. The van der Waals surface area contributed by atoms with Gasteiger partial charge in [-0.2, -0.15) is 0 Å². The van der Waals surface area contributed by atoms with E-state index >= 15 is 0 Å². The van der Waals surface area contributed by atoms with E-state index in [-0.39, 0.29) is 37.2 Å². The summed E-state index contributed by atoms with van der Waals surface area (Å²) >= 11 is 3.51. The molecule has 250 valence electrons. The van der Waals surface area contributed by atoms with Crippen LogP contribution in [0.5, 0.6) is 0 Å². The maximum atomic E-state index is 14.1. The van der Waals surface area contributed by atoms with Crippen molar-refractivity contribution in [1.82, 2.24) is 24.9 Å². The molecule has 0 radical (unpaired) electrons. The van der Waals surface area contributed by atoms with E-state index in [4.69, 9.17) is 5.73 Å². The summed E-state index contributed by atoms with van der Waals surface area (Å²) in [6, 6.07) is 15.0. The Kier molecular flexibility index (Phi) is 13.2. The molecular weight excluding hydrogens is 648 g/mol. The predicted octanol–water partition coefficient (Wildman–Crippen LogP) is 3.77. The molecule has 0 spiro atoms. The van der Waals surface area contributed by atoms with Crippen LogP contribution in [0, 0.1) is 0 Å². The second-order valence-electron chi connectivity index (χ2n) is 12.5. The van der Waals surface area contributed by atoms with Gasteiger partial charge in [0.2, 0.25) is 17.7 Å². The Morgan fingerprint density at radius 1 is 1.04 bits per heavy atom. The molecule has 3 N–H and O–H groups in total. The number of fused-ring (bicyclic) bond motifs is 1. The molecule has 0 aromatic heterocycles. The number of benzene rings is 2. The molecule has 2 aliphatic rings. The first kappa shape index (κ1) is 35.6. The van der Waals surface area contributed by atoms with Crippen molar-refractivity contribution in [3.63, 3.8) is 0 Å². The molecule has 10 nitrogen and oxygen atoms in total. The number of nitrogens with zero attached hydrogens (tertiary/aromatic N) is 4. The highest BCUT2D eigenvalue weighted by atomic mass is 79.9. The Morgan fingerprint density at radius 3 is 2.48 bits per heavy atom. The lowest BCUT2D eigenvalue weighted by atomic mass is 9.79. The van der Waals surface area contributed by atoms with Crippen molar-refractivity contribution in [2.75, 3.05) is 59.4 Å². The summed E-state index contributed by atoms with van der Waals surface area (Å²) < 4.78 is 0.896. The minimum Gasteiger partial charge on any atom is -0.369 e. The molecule has 4 amide bonds. The van der Waals surface area contributed by atoms with E-state index in [1.807, 2.05) is 54.3 Å². The van der Waals surface area contributed by atoms with Crippen molar-refractivity contribution in [2.24, 2.45) is 5.73 Å². The molecule has 0 aliphatic carbocycles. The first-order valence-corrected chi connectivity index (χ1v) is 17.3. The van der Waals surface area contributed by atoms with Gasteiger partial charge in [-0.15, -0.1) is 0 Å². The van der Waals surface area contributed by atoms with Crippen LogP contribution in [-0.4, -0.2) is 109 Å². The number of nitrogens with one attached hydrogen (secondary N) is 1. The summed E-state index contributed by atoms with van der Waals surface area (Å²) in [5, 5.41) is 3.20. The number of nitrogens with two attached hydrogens (primary N) is 1. The van der Waals surface area contributed by atoms with Gasteiger partial charge in [0.05, 0.1) is 18.5 Å². The standard InChI is InChI=1S/C35H49BrN6O4/c1-4-40(24-30(37)43)23-22-39(3)31(44)17-21-42-33(26-13-15-27(36)16-14-26)32(28-11-5-6-12-29(28)35(42)46)34(45)38-18-9-20-41-19-8-7-10-25(41)2/h5-6,11-16,25,32-33H,4,7-10,17-24H2,1-3H3,(H2,37,43)(H,38,45). The van der Waals surface area contributed by atoms with E-state index in [1.54, 1.807) is 22.9 Å². The van der Waals surface area contributed by atoms with Gasteiger partial charge in [-0.1, -0.05) is 59.6 Å². The molecule has 2 heterocycles. The molecule has 2 aromatic carbocycles. The van der Waals surface area contributed by atoms with Crippen LogP contribution in [0.3, 0.4) is 0 Å². The number of hydrogen-bond donors (Lipinski definition) is 2. The van der Waals surface area contributed by atoms with Crippen molar-refractivity contribution in [1.29, 1.82) is 0 Å². The lowest BCUT2D eigenvalue weighted by molar-refractivity contribution is -0.130. The number of rotatable bonds is 15. The number of halogens is 1. The Bertz CT molecular complexity index is 1350. The van der Waals surface area contributed by atoms with Crippen molar-refractivity contribution < 1.29 is 19.2 Å². The summed E-state index contributed by atoms with van der Waals surface area (Å²) in [5.41, 5.74) is 7.38. The third-order valence-corrected chi connectivity index (χ3v) is 9.89. The number of carbonyl (C=O) groups is 4. The van der Waals surface area contributed by atoms with Gasteiger partial charge in [-0.3, -0.25) is 24.1 Å². The van der Waals surface area contributed by atoms with Crippen molar-refractivity contribution in [2.45, 2.75) is 64.0 Å². The fraction of sp³-hybridized carbons (Fsp3) is 0.543. The molecule has 2 aromatic rings. The number of likely N-dealkylation sites (N-methyl/N-ethyl adjacent to an activating group) is 2. The minimum atomic E-state index is -0.635. The molecule has 11 heteroatoms. The van der Waals surface area contributed by atoms with Gasteiger partial charge in [0, 0.05) is 62.3 Å². The molecular formula is C35H49BrN6O4. The number of likely N-dealkylation sites (tertiary alicyclic amines) is 1. The highest BCUT2D eigenvalue weighted by Crippen LogP contribution is 2.43. The van der Waals surface area contributed by atoms with E-state index < -0.39 is 17.9 Å². The summed E-state index contributed by atoms with van der Waals surface area (Å²) in [6.07, 6.45) is 4.67. The first-order chi connectivity index (χ1) is 22.1. The van der Waals surface area contributed by atoms with Gasteiger partial charge in [-0.05, 0) is 68.6 Å². The normalized spacial score (nSPS) is 20.0. The maximum absolute atomic E-state index is 14.1. The van der Waals surface area contributed by atoms with Crippen molar-refractivity contribution in [3.8, 4) is 0 Å². The smallest absolute Gasteiger partial charge is 0.254 e. The maximum Gasteiger partial charge on any atom is 0.254 e. The number of piperidine rings is 1. The van der Waals surface area contributed by atoms with Crippen LogP contribution in [0.15, 0.2) is 53.0 Å². The quantitative estimate of drug-likeness (QED) is 0.274. The molecule has 4 rings (SSSR count). The average Bonchev–Trinajstić information content (AvgIpc) is 3.05. The average molecular weight is 698 g/mol. The van der Waals surface area contributed by atoms with Crippen LogP contribution in [0.25, 0.3) is 0 Å². The zero-order valence-electron chi connectivity index (χ0n) is 27.4. The van der Waals surface area contributed by atoms with Crippen LogP contribution in [0.2, 0.25) is 0 Å². The molecule has 0 bridgehead atoms. The van der Waals surface area contributed by atoms with Crippen LogP contribution in [-0.2, 0) is 14.4 Å². The fourth-order valence-electron chi connectivity index (χ4n) is 6.64. The van der Waals surface area contributed by atoms with E-state index in [9.17, 15) is 19.2 Å². The van der Waals surface area contributed by atoms with Crippen LogP contribution in [0.1, 0.15) is 79.4 Å². The van der Waals surface area contributed by atoms with Crippen molar-refractivity contribution >= 4 is 39.6 Å². The second-order valence-corrected chi connectivity index (χ2v) is 13.4. The topological polar surface area (TPSA) is 119 Å². The van der Waals surface area contributed by atoms with Gasteiger partial charge in [-0.25, -0.2) is 0 Å². The summed E-state index contributed by atoms with van der Waals surface area (Å²) in [4.78, 5) is 60.5. The number of primary amides is 1. The molecule has 1 saturated heterocycles. The fourth-order valence-corrected chi connectivity index (χ4v) is 6.90. The Labute approximate surface area is 281 Å². The second kappa shape index (κ2) is 17.0. The van der Waals surface area contributed by atoms with Gasteiger partial charge in [0.15, 0.2) is 0 Å². The Balaban J connectivity index is 1.52. The van der Waals surface area contributed by atoms with Crippen LogP contribution >= 0.6 is 15.9 Å². The molecule has 0 saturated carbocycles. The van der Waals surface area contributed by atoms with E-state index in [0.717, 1.165) is 29.5 Å². The number of hydrogen-bond acceptors (Lipinski definition) is 6. The van der Waals surface area contributed by atoms with Crippen LogP contribution < -0.4 is 11.1 Å². The van der Waals surface area contributed by atoms with Gasteiger partial charge in [0.25, 0.3) is 5.91 Å². The van der Waals surface area contributed by atoms with E-state index in [1.165, 1.54) is 19.3 Å². The molecule has 46 heavy (non-hydrogen) atoms. The zero-order valence-corrected chi connectivity index (χ0v) is 29.0. The minimum absolute atomic E-state index is 0.0989. The highest BCUT2D eigenvalue weighted by molar-refractivity contribution is 9.10. The van der Waals surface area contributed by atoms with Gasteiger partial charge in [0.1, 0.15) is 0 Å². The summed E-state index contributed by atoms with van der Waals surface area (Å²) in [6.45, 7) is 8.68. The van der Waals surface area contributed by atoms with E-state index in [2.05, 4.69) is 33.1 Å². The molecule has 3 atom stereocenters. The third-order valence-electron chi connectivity index (χ3n) is 9.37. The van der Waals surface area contributed by atoms with Crippen LogP contribution in [0.4, 0.5) is 0 Å². The Hall–Kier alpha value is -3.28. The first-order valence-electron chi connectivity index (χ1n) is 16.5. The van der Waals surface area contributed by atoms with Gasteiger partial charge >= 0.3 is 0 Å². The van der Waals surface area contributed by atoms with Crippen molar-refractivity contribution in [3.05, 3.63) is 69.7 Å². The molecule has 3 unspecified atom stereocenters. The lowest BCUT2D eigenvalue weighted by Crippen LogP contribution is -2.49. The molecule has 1 fully saturated rings. The third kappa shape index (κ3) is 9.17. The van der Waals surface area contributed by atoms with Gasteiger partial charge < -0.3 is 25.8 Å².